The molecule has 1 saturated heterocycles. The molecule has 2 atom stereocenters. The lowest BCUT2D eigenvalue weighted by molar-refractivity contribution is -0.141. The van der Waals surface area contributed by atoms with Crippen LogP contribution >= 0.6 is 0 Å². The molecule has 1 fully saturated rings. The monoisotopic (exact) mass is 415 g/mol. The highest BCUT2D eigenvalue weighted by molar-refractivity contribution is 5.53. The molecular formula is C21H20F3N5O. The van der Waals surface area contributed by atoms with Crippen LogP contribution in [-0.4, -0.2) is 37.5 Å². The van der Waals surface area contributed by atoms with Crippen LogP contribution in [0.4, 0.5) is 13.2 Å². The zero-order valence-electron chi connectivity index (χ0n) is 16.1. The summed E-state index contributed by atoms with van der Waals surface area (Å²) in [5.74, 6) is 1.11. The highest BCUT2D eigenvalue weighted by Gasteiger charge is 2.35. The van der Waals surface area contributed by atoms with Crippen molar-refractivity contribution >= 4 is 0 Å². The summed E-state index contributed by atoms with van der Waals surface area (Å²) in [5, 5.41) is 0. The van der Waals surface area contributed by atoms with Crippen molar-refractivity contribution in [3.8, 4) is 11.4 Å². The van der Waals surface area contributed by atoms with Crippen molar-refractivity contribution in [2.75, 3.05) is 13.1 Å². The number of hydrogen-bond acceptors (Lipinski definition) is 4. The molecule has 0 unspecified atom stereocenters. The van der Waals surface area contributed by atoms with Gasteiger partial charge in [-0.25, -0.2) is 4.98 Å². The van der Waals surface area contributed by atoms with E-state index in [0.29, 0.717) is 30.4 Å². The van der Waals surface area contributed by atoms with Crippen molar-refractivity contribution in [3.05, 3.63) is 70.2 Å². The first-order chi connectivity index (χ1) is 14.4. The summed E-state index contributed by atoms with van der Waals surface area (Å²) in [4.78, 5) is 26.0. The zero-order valence-corrected chi connectivity index (χ0v) is 16.1. The minimum Gasteiger partial charge on any atom is -0.344 e. The van der Waals surface area contributed by atoms with E-state index < -0.39 is 11.9 Å². The Morgan fingerprint density at radius 1 is 1.10 bits per heavy atom. The number of fused-ring (bicyclic) bond motifs is 4. The quantitative estimate of drug-likeness (QED) is 0.713. The Balaban J connectivity index is 1.36. The molecule has 0 aliphatic carbocycles. The van der Waals surface area contributed by atoms with Crippen molar-refractivity contribution in [1.29, 1.82) is 0 Å². The predicted octanol–water partition coefficient (Wildman–Crippen LogP) is 3.27. The molecule has 0 aromatic carbocycles. The largest absolute Gasteiger partial charge is 0.433 e. The topological polar surface area (TPSA) is 66.8 Å². The van der Waals surface area contributed by atoms with Crippen LogP contribution in [0.25, 0.3) is 11.4 Å². The van der Waals surface area contributed by atoms with E-state index in [-0.39, 0.29) is 11.5 Å². The van der Waals surface area contributed by atoms with E-state index >= 15 is 0 Å². The zero-order chi connectivity index (χ0) is 20.9. The average Bonchev–Trinajstić information content (AvgIpc) is 3.23. The fourth-order valence-corrected chi connectivity index (χ4v) is 4.71. The van der Waals surface area contributed by atoms with Crippen LogP contribution in [0.2, 0.25) is 0 Å². The van der Waals surface area contributed by atoms with Gasteiger partial charge in [0.15, 0.2) is 0 Å². The molecule has 5 rings (SSSR count). The maximum Gasteiger partial charge on any atom is 0.433 e. The van der Waals surface area contributed by atoms with Crippen LogP contribution in [0, 0.1) is 5.92 Å². The molecule has 9 heteroatoms. The molecular weight excluding hydrogens is 395 g/mol. The van der Waals surface area contributed by atoms with E-state index in [1.165, 1.54) is 12.3 Å². The Kier molecular flexibility index (Phi) is 4.50. The minimum absolute atomic E-state index is 0.0301. The standard InChI is InChI=1S/C21H20F3N5O/c22-21(23,24)18-4-1-13(8-27-18)9-28-10-14-7-15(12-28)17-3-2-16(19-25-5-6-26-19)20(30)29(17)11-14/h1-6,8,14-15H,7,9-12H2,(H,25,26)/t14-,15+/m0/s1. The summed E-state index contributed by atoms with van der Waals surface area (Å²) in [5.41, 5.74) is 1.44. The third-order valence-electron chi connectivity index (χ3n) is 5.95. The first-order valence-corrected chi connectivity index (χ1v) is 9.86. The van der Waals surface area contributed by atoms with Crippen molar-refractivity contribution in [2.45, 2.75) is 31.6 Å². The van der Waals surface area contributed by atoms with Gasteiger partial charge in [0.05, 0.1) is 5.56 Å². The lowest BCUT2D eigenvalue weighted by Crippen LogP contribution is -2.47. The SMILES string of the molecule is O=c1c(-c2ncc[nH]2)ccc2n1C[C@H]1C[C@@H]2CN(Cc2ccc(C(F)(F)F)nc2)C1. The van der Waals surface area contributed by atoms with E-state index in [1.54, 1.807) is 12.4 Å². The number of H-pyrrole nitrogens is 1. The number of imidazole rings is 1. The van der Waals surface area contributed by atoms with Gasteiger partial charge < -0.3 is 9.55 Å². The van der Waals surface area contributed by atoms with Crippen molar-refractivity contribution in [1.82, 2.24) is 24.4 Å². The molecule has 0 amide bonds. The molecule has 6 nitrogen and oxygen atoms in total. The fourth-order valence-electron chi connectivity index (χ4n) is 4.71. The first-order valence-electron chi connectivity index (χ1n) is 9.86. The van der Waals surface area contributed by atoms with E-state index in [0.717, 1.165) is 36.8 Å². The van der Waals surface area contributed by atoms with Crippen LogP contribution in [0.15, 0.2) is 47.7 Å². The fraction of sp³-hybridized carbons (Fsp3) is 0.381. The second kappa shape index (κ2) is 7.09. The predicted molar refractivity (Wildman–Crippen MR) is 104 cm³/mol. The number of hydrogen-bond donors (Lipinski definition) is 1. The average molecular weight is 415 g/mol. The third-order valence-corrected chi connectivity index (χ3v) is 5.95. The second-order valence-corrected chi connectivity index (χ2v) is 8.07. The smallest absolute Gasteiger partial charge is 0.344 e. The Hall–Kier alpha value is -2.94. The Labute approximate surface area is 170 Å². The maximum atomic E-state index is 13.0. The number of aromatic amines is 1. The lowest BCUT2D eigenvalue weighted by atomic mass is 9.83. The van der Waals surface area contributed by atoms with Gasteiger partial charge >= 0.3 is 6.18 Å². The second-order valence-electron chi connectivity index (χ2n) is 8.07. The first kappa shape index (κ1) is 19.0. The number of rotatable bonds is 3. The molecule has 3 aromatic heterocycles. The van der Waals surface area contributed by atoms with Gasteiger partial charge in [0.1, 0.15) is 11.5 Å². The van der Waals surface area contributed by atoms with E-state index in [1.807, 2.05) is 16.7 Å². The van der Waals surface area contributed by atoms with Crippen molar-refractivity contribution < 1.29 is 13.2 Å². The molecule has 30 heavy (non-hydrogen) atoms. The summed E-state index contributed by atoms with van der Waals surface area (Å²) in [6, 6.07) is 6.36. The maximum absolute atomic E-state index is 13.0. The molecule has 3 aromatic rings. The van der Waals surface area contributed by atoms with Crippen LogP contribution in [0.3, 0.4) is 0 Å². The number of piperidine rings is 1. The molecule has 0 radical (unpaired) electrons. The van der Waals surface area contributed by atoms with Gasteiger partial charge in [-0.3, -0.25) is 14.7 Å². The number of pyridine rings is 2. The Bertz CT molecular complexity index is 1110. The highest BCUT2D eigenvalue weighted by atomic mass is 19.4. The minimum atomic E-state index is -4.42. The highest BCUT2D eigenvalue weighted by Crippen LogP contribution is 2.36. The van der Waals surface area contributed by atoms with Crippen LogP contribution < -0.4 is 5.56 Å². The van der Waals surface area contributed by atoms with Gasteiger partial charge in [0.2, 0.25) is 0 Å². The van der Waals surface area contributed by atoms with Crippen molar-refractivity contribution in [2.24, 2.45) is 5.92 Å². The van der Waals surface area contributed by atoms with E-state index in [2.05, 4.69) is 19.9 Å². The van der Waals surface area contributed by atoms with Crippen LogP contribution in [0.5, 0.6) is 0 Å². The number of aromatic nitrogens is 4. The number of halogens is 3. The summed E-state index contributed by atoms with van der Waals surface area (Å²) >= 11 is 0. The van der Waals surface area contributed by atoms with Gasteiger partial charge in [-0.2, -0.15) is 13.2 Å². The molecule has 2 aliphatic rings. The molecule has 0 spiro atoms. The summed E-state index contributed by atoms with van der Waals surface area (Å²) < 4.78 is 40.0. The molecule has 2 bridgehead atoms. The normalized spacial score (nSPS) is 21.4. The van der Waals surface area contributed by atoms with Gasteiger partial charge in [0, 0.05) is 56.4 Å². The summed E-state index contributed by atoms with van der Waals surface area (Å²) in [7, 11) is 0. The number of nitrogens with zero attached hydrogens (tertiary/aromatic N) is 4. The Morgan fingerprint density at radius 2 is 1.97 bits per heavy atom. The number of nitrogens with one attached hydrogen (secondary N) is 1. The molecule has 0 saturated carbocycles. The third kappa shape index (κ3) is 3.43. The number of alkyl halides is 3. The van der Waals surface area contributed by atoms with E-state index in [9.17, 15) is 18.0 Å². The lowest BCUT2D eigenvalue weighted by Gasteiger charge is -2.43. The Morgan fingerprint density at radius 3 is 2.67 bits per heavy atom. The molecule has 5 heterocycles. The molecule has 156 valence electrons. The summed E-state index contributed by atoms with van der Waals surface area (Å²) in [6.45, 7) is 2.75. The molecule has 1 N–H and O–H groups in total. The number of likely N-dealkylation sites (tertiary alicyclic amines) is 1. The van der Waals surface area contributed by atoms with Gasteiger partial charge in [-0.15, -0.1) is 0 Å². The van der Waals surface area contributed by atoms with Crippen molar-refractivity contribution in [3.63, 3.8) is 0 Å². The van der Waals surface area contributed by atoms with E-state index in [4.69, 9.17) is 0 Å². The van der Waals surface area contributed by atoms with Gasteiger partial charge in [0.25, 0.3) is 5.56 Å². The summed E-state index contributed by atoms with van der Waals surface area (Å²) in [6.07, 6.45) is 1.22. The van der Waals surface area contributed by atoms with Gasteiger partial charge in [-0.1, -0.05) is 6.07 Å². The van der Waals surface area contributed by atoms with Crippen LogP contribution in [-0.2, 0) is 19.3 Å². The van der Waals surface area contributed by atoms with Gasteiger partial charge in [-0.05, 0) is 36.1 Å². The molecule has 2 aliphatic heterocycles. The van der Waals surface area contributed by atoms with Crippen LogP contribution in [0.1, 0.15) is 29.3 Å².